The van der Waals surface area contributed by atoms with Crippen molar-refractivity contribution in [1.82, 2.24) is 14.9 Å². The second-order valence-electron chi connectivity index (χ2n) is 6.29. The van der Waals surface area contributed by atoms with Crippen molar-refractivity contribution in [2.24, 2.45) is 11.8 Å². The largest absolute Gasteiger partial charge is 0.481 e. The van der Waals surface area contributed by atoms with Crippen molar-refractivity contribution in [2.75, 3.05) is 6.54 Å². The van der Waals surface area contributed by atoms with Gasteiger partial charge in [-0.15, -0.1) is 0 Å². The Morgan fingerprint density at radius 1 is 1.25 bits per heavy atom. The van der Waals surface area contributed by atoms with E-state index in [4.69, 9.17) is 5.11 Å². The number of nitrogens with one attached hydrogen (secondary N) is 2. The number of carboxylic acids is 1. The third-order valence-electron chi connectivity index (χ3n) is 4.71. The normalized spacial score (nSPS) is 20.8. The van der Waals surface area contributed by atoms with Gasteiger partial charge in [0.15, 0.2) is 0 Å². The van der Waals surface area contributed by atoms with Gasteiger partial charge in [0.1, 0.15) is 0 Å². The Balaban J connectivity index is 1.58. The Bertz CT molecular complexity index is 808. The van der Waals surface area contributed by atoms with Crippen molar-refractivity contribution in [3.8, 4) is 0 Å². The molecule has 2 atom stereocenters. The summed E-state index contributed by atoms with van der Waals surface area (Å²) in [5.41, 5.74) is 1.37. The van der Waals surface area contributed by atoms with Gasteiger partial charge in [-0.2, -0.15) is 0 Å². The zero-order chi connectivity index (χ0) is 17.1. The smallest absolute Gasteiger partial charge is 0.326 e. The number of carbonyl (C=O) groups is 2. The van der Waals surface area contributed by atoms with Gasteiger partial charge in [-0.3, -0.25) is 14.2 Å². The predicted molar refractivity (Wildman–Crippen MR) is 88.7 cm³/mol. The minimum absolute atomic E-state index is 0.117. The number of hydrogen-bond donors (Lipinski definition) is 3. The number of para-hydroxylation sites is 2. The molecule has 1 saturated carbocycles. The Morgan fingerprint density at radius 2 is 2.00 bits per heavy atom. The molecule has 128 valence electrons. The maximum Gasteiger partial charge on any atom is 0.326 e. The van der Waals surface area contributed by atoms with E-state index in [9.17, 15) is 14.4 Å². The summed E-state index contributed by atoms with van der Waals surface area (Å²) in [5, 5.41) is 11.9. The Hall–Kier alpha value is -2.57. The lowest BCUT2D eigenvalue weighted by Gasteiger charge is -2.25. The zero-order valence-electron chi connectivity index (χ0n) is 13.3. The Morgan fingerprint density at radius 3 is 2.79 bits per heavy atom. The molecule has 1 fully saturated rings. The van der Waals surface area contributed by atoms with Crippen LogP contribution in [0.4, 0.5) is 0 Å². The zero-order valence-corrected chi connectivity index (χ0v) is 13.3. The first-order valence-electron chi connectivity index (χ1n) is 8.24. The highest BCUT2D eigenvalue weighted by molar-refractivity contribution is 5.80. The van der Waals surface area contributed by atoms with Crippen LogP contribution >= 0.6 is 0 Å². The van der Waals surface area contributed by atoms with Crippen LogP contribution in [-0.4, -0.2) is 33.1 Å². The highest BCUT2D eigenvalue weighted by atomic mass is 16.4. The van der Waals surface area contributed by atoms with Crippen molar-refractivity contribution >= 4 is 22.9 Å². The fourth-order valence-electron chi connectivity index (χ4n) is 3.42. The van der Waals surface area contributed by atoms with Crippen LogP contribution in [0.2, 0.25) is 0 Å². The van der Waals surface area contributed by atoms with Gasteiger partial charge < -0.3 is 15.4 Å². The summed E-state index contributed by atoms with van der Waals surface area (Å²) >= 11 is 0. The number of carbonyl (C=O) groups excluding carboxylic acids is 1. The van der Waals surface area contributed by atoms with E-state index in [0.29, 0.717) is 25.9 Å². The summed E-state index contributed by atoms with van der Waals surface area (Å²) in [4.78, 5) is 38.1. The number of nitrogens with zero attached hydrogens (tertiary/aromatic N) is 1. The number of aliphatic carboxylic acids is 1. The first kappa shape index (κ1) is 16.3. The molecule has 0 radical (unpaired) electrons. The number of carboxylic acid groups (broad SMARTS) is 1. The molecule has 0 unspecified atom stereocenters. The molecular weight excluding hydrogens is 310 g/mol. The molecule has 3 rings (SSSR count). The maximum absolute atomic E-state index is 12.2. The van der Waals surface area contributed by atoms with Crippen LogP contribution in [0.3, 0.4) is 0 Å². The molecular formula is C17H21N3O4. The van der Waals surface area contributed by atoms with Gasteiger partial charge in [0.2, 0.25) is 5.91 Å². The van der Waals surface area contributed by atoms with Crippen LogP contribution < -0.4 is 11.0 Å². The molecule has 3 N–H and O–H groups in total. The van der Waals surface area contributed by atoms with Gasteiger partial charge in [0.25, 0.3) is 0 Å². The molecule has 1 heterocycles. The third kappa shape index (κ3) is 3.34. The lowest BCUT2D eigenvalue weighted by Crippen LogP contribution is -2.37. The Labute approximate surface area is 138 Å². The fraction of sp³-hybridized carbons (Fsp3) is 0.471. The molecule has 2 aromatic rings. The number of imidazole rings is 1. The number of amides is 1. The topological polar surface area (TPSA) is 104 Å². The van der Waals surface area contributed by atoms with Crippen molar-refractivity contribution in [1.29, 1.82) is 0 Å². The summed E-state index contributed by atoms with van der Waals surface area (Å²) in [5.74, 6) is -1.61. The molecule has 1 aromatic heterocycles. The molecule has 7 heteroatoms. The van der Waals surface area contributed by atoms with E-state index in [-0.39, 0.29) is 17.5 Å². The first-order chi connectivity index (χ1) is 11.6. The van der Waals surface area contributed by atoms with Gasteiger partial charge in [0, 0.05) is 19.0 Å². The van der Waals surface area contributed by atoms with Crippen LogP contribution in [0, 0.1) is 11.8 Å². The molecule has 0 aliphatic heterocycles. The van der Waals surface area contributed by atoms with E-state index in [1.165, 1.54) is 0 Å². The summed E-state index contributed by atoms with van der Waals surface area (Å²) in [7, 11) is 0. The van der Waals surface area contributed by atoms with Gasteiger partial charge in [0.05, 0.1) is 17.0 Å². The molecule has 24 heavy (non-hydrogen) atoms. The average Bonchev–Trinajstić information content (AvgIpc) is 2.90. The van der Waals surface area contributed by atoms with Crippen LogP contribution in [0.25, 0.3) is 11.0 Å². The second kappa shape index (κ2) is 6.90. The number of aromatic nitrogens is 2. The lowest BCUT2D eigenvalue weighted by atomic mass is 9.81. The van der Waals surface area contributed by atoms with Gasteiger partial charge in [-0.25, -0.2) is 4.79 Å². The van der Waals surface area contributed by atoms with E-state index < -0.39 is 11.9 Å². The molecule has 1 amide bonds. The minimum atomic E-state index is -0.821. The van der Waals surface area contributed by atoms with E-state index in [2.05, 4.69) is 10.3 Å². The van der Waals surface area contributed by atoms with E-state index in [0.717, 1.165) is 23.9 Å². The first-order valence-corrected chi connectivity index (χ1v) is 8.24. The molecule has 0 bridgehead atoms. The standard InChI is InChI=1S/C17H21N3O4/c21-15(11-4-3-5-12(10-11)16(22)23)18-8-9-20-14-7-2-1-6-13(14)19-17(20)24/h1-2,6-7,11-12H,3-5,8-10H2,(H,18,21)(H,19,24)(H,22,23)/t11-,12+/m1/s1. The van der Waals surface area contributed by atoms with Crippen molar-refractivity contribution < 1.29 is 14.7 Å². The van der Waals surface area contributed by atoms with E-state index >= 15 is 0 Å². The van der Waals surface area contributed by atoms with Crippen LogP contribution in [-0.2, 0) is 16.1 Å². The molecule has 1 aliphatic carbocycles. The molecule has 1 aromatic carbocycles. The quantitative estimate of drug-likeness (QED) is 0.769. The minimum Gasteiger partial charge on any atom is -0.481 e. The monoisotopic (exact) mass is 331 g/mol. The lowest BCUT2D eigenvalue weighted by molar-refractivity contribution is -0.144. The van der Waals surface area contributed by atoms with Gasteiger partial charge in [-0.05, 0) is 31.4 Å². The summed E-state index contributed by atoms with van der Waals surface area (Å²) in [6, 6.07) is 7.40. The number of benzene rings is 1. The molecule has 0 saturated heterocycles. The highest BCUT2D eigenvalue weighted by Gasteiger charge is 2.30. The maximum atomic E-state index is 12.2. The van der Waals surface area contributed by atoms with Crippen LogP contribution in [0.15, 0.2) is 29.1 Å². The van der Waals surface area contributed by atoms with Gasteiger partial charge in [-0.1, -0.05) is 18.6 Å². The number of hydrogen-bond acceptors (Lipinski definition) is 3. The Kier molecular flexibility index (Phi) is 4.69. The van der Waals surface area contributed by atoms with Crippen LogP contribution in [0.5, 0.6) is 0 Å². The highest BCUT2D eigenvalue weighted by Crippen LogP contribution is 2.29. The average molecular weight is 331 g/mol. The van der Waals surface area contributed by atoms with Gasteiger partial charge >= 0.3 is 11.7 Å². The van der Waals surface area contributed by atoms with E-state index in [1.807, 2.05) is 24.3 Å². The number of rotatable bonds is 5. The summed E-state index contributed by atoms with van der Waals surface area (Å²) in [6.45, 7) is 0.721. The fourth-order valence-corrected chi connectivity index (χ4v) is 3.42. The molecule has 1 aliphatic rings. The summed E-state index contributed by atoms with van der Waals surface area (Å²) < 4.78 is 1.59. The third-order valence-corrected chi connectivity index (χ3v) is 4.71. The summed E-state index contributed by atoms with van der Waals surface area (Å²) in [6.07, 6.45) is 2.53. The molecule has 0 spiro atoms. The van der Waals surface area contributed by atoms with E-state index in [1.54, 1.807) is 4.57 Å². The predicted octanol–water partition coefficient (Wildman–Crippen LogP) is 1.34. The van der Waals surface area contributed by atoms with Crippen molar-refractivity contribution in [2.45, 2.75) is 32.2 Å². The van der Waals surface area contributed by atoms with Crippen molar-refractivity contribution in [3.63, 3.8) is 0 Å². The number of H-pyrrole nitrogens is 1. The number of fused-ring (bicyclic) bond motifs is 1. The second-order valence-corrected chi connectivity index (χ2v) is 6.29. The SMILES string of the molecule is O=C(O)[C@H]1CCC[C@@H](C(=O)NCCn2c(=O)[nH]c3ccccc32)C1. The number of aromatic amines is 1. The van der Waals surface area contributed by atoms with Crippen LogP contribution in [0.1, 0.15) is 25.7 Å². The molecule has 7 nitrogen and oxygen atoms in total. The van der Waals surface area contributed by atoms with Crippen molar-refractivity contribution in [3.05, 3.63) is 34.7 Å².